The first-order valence-corrected chi connectivity index (χ1v) is 7.39. The average molecular weight is 302 g/mol. The van der Waals surface area contributed by atoms with E-state index >= 15 is 0 Å². The smallest absolute Gasteiger partial charge is 0.251 e. The van der Waals surface area contributed by atoms with Crippen molar-refractivity contribution in [2.24, 2.45) is 0 Å². The number of imidazole rings is 1. The van der Waals surface area contributed by atoms with E-state index < -0.39 is 0 Å². The highest BCUT2D eigenvalue weighted by atomic mass is 32.2. The quantitative estimate of drug-likeness (QED) is 0.557. The number of aromatic nitrogens is 4. The Morgan fingerprint density at radius 3 is 2.90 bits per heavy atom. The van der Waals surface area contributed by atoms with E-state index in [1.165, 1.54) is 17.8 Å². The number of H-pyrrole nitrogens is 2. The number of hydrogen-bond acceptors (Lipinski definition) is 5. The van der Waals surface area contributed by atoms with Crippen molar-refractivity contribution in [1.82, 2.24) is 19.9 Å². The van der Waals surface area contributed by atoms with E-state index in [0.29, 0.717) is 23.2 Å². The topological polar surface area (TPSA) is 83.7 Å². The van der Waals surface area contributed by atoms with Gasteiger partial charge in [0.1, 0.15) is 5.82 Å². The lowest BCUT2D eigenvalue weighted by Gasteiger charge is -2.02. The summed E-state index contributed by atoms with van der Waals surface area (Å²) < 4.78 is 5.00. The number of hydrogen-bond donors (Lipinski definition) is 2. The molecule has 0 fully saturated rings. The summed E-state index contributed by atoms with van der Waals surface area (Å²) in [5, 5.41) is 0.565. The van der Waals surface area contributed by atoms with Crippen LogP contribution >= 0.6 is 11.8 Å². The van der Waals surface area contributed by atoms with Gasteiger partial charge in [-0.05, 0) is 12.1 Å². The number of benzene rings is 1. The molecule has 0 spiro atoms. The fourth-order valence-corrected chi connectivity index (χ4v) is 2.75. The van der Waals surface area contributed by atoms with Crippen LogP contribution in [0.25, 0.3) is 11.0 Å². The fraction of sp³-hybridized carbons (Fsp3) is 0.214. The van der Waals surface area contributed by atoms with E-state index in [0.717, 1.165) is 16.9 Å². The lowest BCUT2D eigenvalue weighted by molar-refractivity contribution is 0.180. The van der Waals surface area contributed by atoms with Gasteiger partial charge in [0.25, 0.3) is 5.56 Å². The fourth-order valence-electron chi connectivity index (χ4n) is 1.98. The molecule has 1 aromatic carbocycles. The minimum Gasteiger partial charge on any atom is -0.378 e. The van der Waals surface area contributed by atoms with Crippen molar-refractivity contribution in [3.05, 3.63) is 52.2 Å². The molecule has 7 heteroatoms. The molecule has 0 saturated carbocycles. The van der Waals surface area contributed by atoms with Crippen molar-refractivity contribution >= 4 is 22.8 Å². The highest BCUT2D eigenvalue weighted by molar-refractivity contribution is 7.98. The highest BCUT2D eigenvalue weighted by Gasteiger charge is 2.06. The molecule has 3 aromatic rings. The molecule has 0 radical (unpaired) electrons. The summed E-state index contributed by atoms with van der Waals surface area (Å²) in [4.78, 5) is 26.3. The summed E-state index contributed by atoms with van der Waals surface area (Å²) in [6, 6.07) is 9.29. The molecule has 108 valence electrons. The third-order valence-corrected chi connectivity index (χ3v) is 3.73. The molecule has 0 aliphatic heterocycles. The van der Waals surface area contributed by atoms with Crippen molar-refractivity contribution in [3.8, 4) is 0 Å². The van der Waals surface area contributed by atoms with Crippen molar-refractivity contribution in [3.63, 3.8) is 0 Å². The van der Waals surface area contributed by atoms with Gasteiger partial charge < -0.3 is 14.7 Å². The van der Waals surface area contributed by atoms with Gasteiger partial charge in [0.2, 0.25) is 0 Å². The first-order chi connectivity index (χ1) is 10.2. The number of fused-ring (bicyclic) bond motifs is 1. The van der Waals surface area contributed by atoms with Gasteiger partial charge in [-0.1, -0.05) is 23.9 Å². The van der Waals surface area contributed by atoms with Gasteiger partial charge in [0, 0.05) is 13.2 Å². The Labute approximate surface area is 125 Å². The highest BCUT2D eigenvalue weighted by Crippen LogP contribution is 2.19. The minimum absolute atomic E-state index is 0.177. The van der Waals surface area contributed by atoms with E-state index in [1.54, 1.807) is 7.11 Å². The molecule has 0 amide bonds. The van der Waals surface area contributed by atoms with E-state index in [-0.39, 0.29) is 5.56 Å². The lowest BCUT2D eigenvalue weighted by Crippen LogP contribution is -2.10. The van der Waals surface area contributed by atoms with Crippen molar-refractivity contribution < 1.29 is 4.74 Å². The van der Waals surface area contributed by atoms with Crippen LogP contribution in [0.1, 0.15) is 11.5 Å². The number of nitrogens with zero attached hydrogens (tertiary/aromatic N) is 2. The molecule has 6 nitrogen and oxygen atoms in total. The molecule has 3 rings (SSSR count). The Balaban J connectivity index is 1.76. The Kier molecular flexibility index (Phi) is 4.03. The number of methoxy groups -OCH3 is 1. The number of nitrogens with one attached hydrogen (secondary N) is 2. The van der Waals surface area contributed by atoms with Crippen molar-refractivity contribution in [2.75, 3.05) is 7.11 Å². The second-order valence-corrected chi connectivity index (χ2v) is 5.43. The lowest BCUT2D eigenvalue weighted by atomic mass is 10.3. The van der Waals surface area contributed by atoms with Gasteiger partial charge in [-0.3, -0.25) is 4.79 Å². The van der Waals surface area contributed by atoms with Gasteiger partial charge in [-0.2, -0.15) is 0 Å². The molecule has 2 aromatic heterocycles. The molecule has 0 aliphatic carbocycles. The number of ether oxygens (including phenoxy) is 1. The molecular formula is C14H14N4O2S. The van der Waals surface area contributed by atoms with Crippen LogP contribution in [0.2, 0.25) is 0 Å². The zero-order valence-electron chi connectivity index (χ0n) is 11.4. The molecule has 2 N–H and O–H groups in total. The predicted molar refractivity (Wildman–Crippen MR) is 81.2 cm³/mol. The predicted octanol–water partition coefficient (Wildman–Crippen LogP) is 2.08. The summed E-state index contributed by atoms with van der Waals surface area (Å²) in [5.41, 5.74) is 2.38. The summed E-state index contributed by atoms with van der Waals surface area (Å²) in [6.45, 7) is 0.322. The number of rotatable bonds is 5. The maximum atomic E-state index is 11.6. The SMILES string of the molecule is COCc1cc(=O)[nH]c(SCc2nc3ccccc3[nH]2)n1. The summed E-state index contributed by atoms with van der Waals surface area (Å²) in [5.74, 6) is 1.45. The Bertz CT molecular complexity index is 779. The zero-order chi connectivity index (χ0) is 14.7. The number of aromatic amines is 2. The number of thioether (sulfide) groups is 1. The van der Waals surface area contributed by atoms with E-state index in [4.69, 9.17) is 4.74 Å². The standard InChI is InChI=1S/C14H14N4O2S/c1-20-7-9-6-13(19)18-14(15-9)21-8-12-16-10-4-2-3-5-11(10)17-12/h2-6H,7-8H2,1H3,(H,16,17)(H,15,18,19). The summed E-state index contributed by atoms with van der Waals surface area (Å²) in [6.07, 6.45) is 0. The van der Waals surface area contributed by atoms with Crippen LogP contribution in [-0.2, 0) is 17.1 Å². The van der Waals surface area contributed by atoms with Crippen LogP contribution < -0.4 is 5.56 Å². The van der Waals surface area contributed by atoms with E-state index in [2.05, 4.69) is 19.9 Å². The minimum atomic E-state index is -0.177. The second-order valence-electron chi connectivity index (χ2n) is 4.46. The summed E-state index contributed by atoms with van der Waals surface area (Å²) in [7, 11) is 1.57. The normalized spacial score (nSPS) is 11.1. The largest absolute Gasteiger partial charge is 0.378 e. The maximum Gasteiger partial charge on any atom is 0.251 e. The third-order valence-electron chi connectivity index (χ3n) is 2.85. The van der Waals surface area contributed by atoms with Crippen LogP contribution in [0.5, 0.6) is 0 Å². The van der Waals surface area contributed by atoms with Gasteiger partial charge in [-0.25, -0.2) is 9.97 Å². The van der Waals surface area contributed by atoms with E-state index in [1.807, 2.05) is 24.3 Å². The monoisotopic (exact) mass is 302 g/mol. The molecular weight excluding hydrogens is 288 g/mol. The maximum absolute atomic E-state index is 11.6. The first-order valence-electron chi connectivity index (χ1n) is 6.40. The van der Waals surface area contributed by atoms with Crippen LogP contribution in [0.4, 0.5) is 0 Å². The average Bonchev–Trinajstić information content (AvgIpc) is 2.88. The first kappa shape index (κ1) is 13.8. The molecule has 0 unspecified atom stereocenters. The van der Waals surface area contributed by atoms with Gasteiger partial charge in [0.05, 0.1) is 29.1 Å². The van der Waals surface area contributed by atoms with E-state index in [9.17, 15) is 4.79 Å². The van der Waals surface area contributed by atoms with Gasteiger partial charge >= 0.3 is 0 Å². The van der Waals surface area contributed by atoms with Crippen LogP contribution in [0.15, 0.2) is 40.3 Å². The Morgan fingerprint density at radius 1 is 1.24 bits per heavy atom. The Morgan fingerprint density at radius 2 is 2.10 bits per heavy atom. The molecule has 0 bridgehead atoms. The van der Waals surface area contributed by atoms with Crippen LogP contribution in [0, 0.1) is 0 Å². The summed E-state index contributed by atoms with van der Waals surface area (Å²) >= 11 is 1.43. The van der Waals surface area contributed by atoms with Gasteiger partial charge in [0.15, 0.2) is 5.16 Å². The Hall–Kier alpha value is -2.12. The van der Waals surface area contributed by atoms with Crippen molar-refractivity contribution in [1.29, 1.82) is 0 Å². The molecule has 21 heavy (non-hydrogen) atoms. The molecule has 0 atom stereocenters. The molecule has 0 saturated heterocycles. The van der Waals surface area contributed by atoms with Gasteiger partial charge in [-0.15, -0.1) is 0 Å². The van der Waals surface area contributed by atoms with Crippen LogP contribution in [0.3, 0.4) is 0 Å². The van der Waals surface area contributed by atoms with Crippen molar-refractivity contribution in [2.45, 2.75) is 17.5 Å². The number of para-hydroxylation sites is 2. The van der Waals surface area contributed by atoms with Crippen LogP contribution in [-0.4, -0.2) is 27.0 Å². The third kappa shape index (κ3) is 3.32. The second kappa shape index (κ2) is 6.11. The zero-order valence-corrected chi connectivity index (χ0v) is 12.2. The molecule has 2 heterocycles. The molecule has 0 aliphatic rings.